The molecule has 0 bridgehead atoms. The molecule has 0 unspecified atom stereocenters. The number of carbonyl (C=O) groups excluding carboxylic acids is 2. The average Bonchev–Trinajstić information content (AvgIpc) is 2.76. The predicted molar refractivity (Wildman–Crippen MR) is 131 cm³/mol. The zero-order valence-electron chi connectivity index (χ0n) is 19.6. The van der Waals surface area contributed by atoms with Gasteiger partial charge in [-0.25, -0.2) is 13.8 Å². The van der Waals surface area contributed by atoms with Crippen molar-refractivity contribution < 1.29 is 27.5 Å². The van der Waals surface area contributed by atoms with Crippen molar-refractivity contribution in [2.24, 2.45) is 5.10 Å². The summed E-state index contributed by atoms with van der Waals surface area (Å²) in [7, 11) is -3.76. The Balaban J connectivity index is 1.96. The van der Waals surface area contributed by atoms with E-state index in [9.17, 15) is 18.0 Å². The average molecular weight is 491 g/mol. The van der Waals surface area contributed by atoms with E-state index in [4.69, 9.17) is 9.47 Å². The number of nitrogens with one attached hydrogen (secondary N) is 2. The minimum Gasteiger partial charge on any atom is -0.492 e. The van der Waals surface area contributed by atoms with Gasteiger partial charge in [0.1, 0.15) is 18.0 Å². The lowest BCUT2D eigenvalue weighted by Crippen LogP contribution is -2.39. The van der Waals surface area contributed by atoms with E-state index < -0.39 is 22.5 Å². The second-order valence-corrected chi connectivity index (χ2v) is 9.45. The number of sulfonamides is 1. The van der Waals surface area contributed by atoms with Gasteiger partial charge in [0.25, 0.3) is 11.8 Å². The van der Waals surface area contributed by atoms with Gasteiger partial charge in [-0.1, -0.05) is 12.1 Å². The molecule has 2 aromatic carbocycles. The Bertz CT molecular complexity index is 1100. The van der Waals surface area contributed by atoms with Crippen LogP contribution in [0.25, 0.3) is 0 Å². The number of para-hydroxylation sites is 2. The highest BCUT2D eigenvalue weighted by Crippen LogP contribution is 2.29. The summed E-state index contributed by atoms with van der Waals surface area (Å²) in [5.74, 6) is 0.0343. The molecule has 2 rings (SSSR count). The Morgan fingerprint density at radius 1 is 1.06 bits per heavy atom. The van der Waals surface area contributed by atoms with Crippen LogP contribution in [0.3, 0.4) is 0 Å². The van der Waals surface area contributed by atoms with E-state index in [0.29, 0.717) is 23.7 Å². The number of hydrazone groups is 1. The van der Waals surface area contributed by atoms with Crippen LogP contribution in [0.15, 0.2) is 53.6 Å². The fraction of sp³-hybridized carbons (Fsp3) is 0.348. The van der Waals surface area contributed by atoms with Gasteiger partial charge in [0.2, 0.25) is 10.0 Å². The Hall–Kier alpha value is -3.60. The van der Waals surface area contributed by atoms with Crippen LogP contribution in [0, 0.1) is 0 Å². The van der Waals surface area contributed by atoms with Crippen LogP contribution in [0.1, 0.15) is 26.3 Å². The second kappa shape index (κ2) is 12.6. The third-order valence-electron chi connectivity index (χ3n) is 4.22. The third kappa shape index (κ3) is 8.74. The summed E-state index contributed by atoms with van der Waals surface area (Å²) >= 11 is 0. The molecule has 2 N–H and O–H groups in total. The Morgan fingerprint density at radius 3 is 2.35 bits per heavy atom. The number of anilines is 1. The van der Waals surface area contributed by atoms with Crippen molar-refractivity contribution in [3.05, 3.63) is 54.1 Å². The lowest BCUT2D eigenvalue weighted by molar-refractivity contribution is -0.123. The van der Waals surface area contributed by atoms with Crippen LogP contribution in [0.5, 0.6) is 11.5 Å². The molecule has 11 heteroatoms. The van der Waals surface area contributed by atoms with Crippen molar-refractivity contribution in [3.63, 3.8) is 0 Å². The van der Waals surface area contributed by atoms with Gasteiger partial charge in [0.05, 0.1) is 24.8 Å². The van der Waals surface area contributed by atoms with Gasteiger partial charge in [-0.15, -0.1) is 0 Å². The third-order valence-corrected chi connectivity index (χ3v) is 5.35. The van der Waals surface area contributed by atoms with Gasteiger partial charge in [-0.05, 0) is 62.7 Å². The zero-order valence-corrected chi connectivity index (χ0v) is 20.5. The maximum Gasteiger partial charge on any atom is 0.260 e. The summed E-state index contributed by atoms with van der Waals surface area (Å²) in [6.07, 6.45) is 2.43. The normalized spacial score (nSPS) is 11.3. The topological polar surface area (TPSA) is 126 Å². The molecule has 0 radical (unpaired) electrons. The number of carbonyl (C=O) groups is 2. The standard InChI is InChI=1S/C23H30N4O6S/c1-5-32-21-9-7-6-8-20(21)27(34(4,30)31)15-22(28)26-24-14-18-10-12-19(13-11-18)33-16-23(29)25-17(2)3/h6-14,17H,5,15-16H2,1-4H3,(H,25,29)(H,26,28)/b24-14-. The lowest BCUT2D eigenvalue weighted by Gasteiger charge is -2.23. The summed E-state index contributed by atoms with van der Waals surface area (Å²) < 4.78 is 36.5. The van der Waals surface area contributed by atoms with Crippen LogP contribution in [-0.2, 0) is 19.6 Å². The van der Waals surface area contributed by atoms with E-state index in [1.54, 1.807) is 55.5 Å². The second-order valence-electron chi connectivity index (χ2n) is 7.54. The Labute approximate surface area is 200 Å². The van der Waals surface area contributed by atoms with Gasteiger partial charge in [0.15, 0.2) is 6.61 Å². The van der Waals surface area contributed by atoms with Crippen molar-refractivity contribution in [2.45, 2.75) is 26.8 Å². The summed E-state index contributed by atoms with van der Waals surface area (Å²) in [5.41, 5.74) is 3.26. The quantitative estimate of drug-likeness (QED) is 0.346. The highest BCUT2D eigenvalue weighted by atomic mass is 32.2. The Morgan fingerprint density at radius 2 is 1.74 bits per heavy atom. The molecular weight excluding hydrogens is 460 g/mol. The van der Waals surface area contributed by atoms with Gasteiger partial charge in [-0.2, -0.15) is 5.10 Å². The lowest BCUT2D eigenvalue weighted by atomic mass is 10.2. The van der Waals surface area contributed by atoms with Crippen molar-refractivity contribution in [3.8, 4) is 11.5 Å². The molecule has 2 amide bonds. The molecule has 0 saturated carbocycles. The number of nitrogens with zero attached hydrogens (tertiary/aromatic N) is 2. The molecular formula is C23H30N4O6S. The number of benzene rings is 2. The summed E-state index contributed by atoms with van der Waals surface area (Å²) in [5, 5.41) is 6.62. The van der Waals surface area contributed by atoms with E-state index in [0.717, 1.165) is 10.6 Å². The smallest absolute Gasteiger partial charge is 0.260 e. The first kappa shape index (κ1) is 26.7. The van der Waals surface area contributed by atoms with Crippen molar-refractivity contribution >= 4 is 33.7 Å². The molecule has 10 nitrogen and oxygen atoms in total. The number of rotatable bonds is 12. The molecule has 0 aromatic heterocycles. The van der Waals surface area contributed by atoms with E-state index in [-0.39, 0.29) is 24.2 Å². The van der Waals surface area contributed by atoms with E-state index >= 15 is 0 Å². The SMILES string of the molecule is CCOc1ccccc1N(CC(=O)N/N=C\c1ccc(OCC(=O)NC(C)C)cc1)S(C)(=O)=O. The molecule has 34 heavy (non-hydrogen) atoms. The maximum atomic E-state index is 12.4. The minimum absolute atomic E-state index is 0.0360. The first-order valence-corrected chi connectivity index (χ1v) is 12.5. The Kier molecular flexibility index (Phi) is 9.87. The number of hydrogen-bond acceptors (Lipinski definition) is 7. The molecule has 0 aliphatic carbocycles. The largest absolute Gasteiger partial charge is 0.492 e. The highest BCUT2D eigenvalue weighted by molar-refractivity contribution is 7.92. The molecule has 0 atom stereocenters. The van der Waals surface area contributed by atoms with Crippen LogP contribution < -0.4 is 24.5 Å². The number of hydrogen-bond donors (Lipinski definition) is 2. The van der Waals surface area contributed by atoms with Crippen LogP contribution in [-0.4, -0.2) is 58.5 Å². The number of amides is 2. The number of ether oxygens (including phenoxy) is 2. The molecule has 184 valence electrons. The predicted octanol–water partition coefficient (Wildman–Crippen LogP) is 1.90. The molecule has 0 heterocycles. The minimum atomic E-state index is -3.76. The van der Waals surface area contributed by atoms with Gasteiger partial charge in [0, 0.05) is 6.04 Å². The van der Waals surface area contributed by atoms with Crippen LogP contribution >= 0.6 is 0 Å². The highest BCUT2D eigenvalue weighted by Gasteiger charge is 2.23. The molecule has 0 spiro atoms. The first-order valence-electron chi connectivity index (χ1n) is 10.6. The van der Waals surface area contributed by atoms with Crippen molar-refractivity contribution in [1.29, 1.82) is 0 Å². The molecule has 2 aromatic rings. The first-order chi connectivity index (χ1) is 16.1. The molecule has 0 saturated heterocycles. The summed E-state index contributed by atoms with van der Waals surface area (Å²) in [6, 6.07) is 13.4. The summed E-state index contributed by atoms with van der Waals surface area (Å²) in [4.78, 5) is 24.0. The fourth-order valence-corrected chi connectivity index (χ4v) is 3.69. The fourth-order valence-electron chi connectivity index (χ4n) is 2.83. The van der Waals surface area contributed by atoms with E-state index in [1.807, 2.05) is 13.8 Å². The van der Waals surface area contributed by atoms with E-state index in [1.165, 1.54) is 6.21 Å². The van der Waals surface area contributed by atoms with Crippen LogP contribution in [0.4, 0.5) is 5.69 Å². The maximum absolute atomic E-state index is 12.4. The van der Waals surface area contributed by atoms with Gasteiger partial charge < -0.3 is 14.8 Å². The molecule has 0 fully saturated rings. The van der Waals surface area contributed by atoms with Crippen molar-refractivity contribution in [1.82, 2.24) is 10.7 Å². The molecule has 0 aliphatic heterocycles. The van der Waals surface area contributed by atoms with Gasteiger partial charge >= 0.3 is 0 Å². The van der Waals surface area contributed by atoms with E-state index in [2.05, 4.69) is 15.8 Å². The molecule has 0 aliphatic rings. The monoisotopic (exact) mass is 490 g/mol. The van der Waals surface area contributed by atoms with Gasteiger partial charge in [-0.3, -0.25) is 13.9 Å². The summed E-state index contributed by atoms with van der Waals surface area (Å²) in [6.45, 7) is 5.30. The zero-order chi connectivity index (χ0) is 25.1. The van der Waals surface area contributed by atoms with Crippen molar-refractivity contribution in [2.75, 3.05) is 30.3 Å². The van der Waals surface area contributed by atoms with Crippen LogP contribution in [0.2, 0.25) is 0 Å².